The molecule has 3 aliphatic heterocycles. The summed E-state index contributed by atoms with van der Waals surface area (Å²) in [6, 6.07) is 17.9. The second kappa shape index (κ2) is 19.2. The molecule has 3 saturated heterocycles. The van der Waals surface area contributed by atoms with Crippen molar-refractivity contribution in [1.29, 1.82) is 0 Å². The second-order valence-electron chi connectivity index (χ2n) is 17.2. The first-order valence-electron chi connectivity index (χ1n) is 20.6. The van der Waals surface area contributed by atoms with Crippen molar-refractivity contribution in [3.63, 3.8) is 0 Å². The van der Waals surface area contributed by atoms with Crippen molar-refractivity contribution in [2.24, 2.45) is 0 Å². The van der Waals surface area contributed by atoms with Crippen molar-refractivity contribution in [1.82, 2.24) is 19.8 Å². The van der Waals surface area contributed by atoms with Crippen LogP contribution in [0.1, 0.15) is 70.3 Å². The SMILES string of the molecule is CSc1ccc(N2CCOC(CN(C)CC3COCCN3c3ccc(C(C)C)nc3)C2)c(CN(C)CC2CN(c3ccc(C(C)C)cc3)C[C@@H](C(C)(C)O)O2)n1. The minimum absolute atomic E-state index is 0.0690. The molecule has 3 fully saturated rings. The average Bonchev–Trinajstić information content (AvgIpc) is 3.17. The first-order valence-corrected chi connectivity index (χ1v) is 21.8. The van der Waals surface area contributed by atoms with E-state index in [1.807, 2.05) is 20.0 Å². The van der Waals surface area contributed by atoms with Crippen LogP contribution in [-0.2, 0) is 20.8 Å². The van der Waals surface area contributed by atoms with Crippen LogP contribution in [0.25, 0.3) is 0 Å². The molecule has 3 aliphatic rings. The van der Waals surface area contributed by atoms with E-state index in [1.165, 1.54) is 16.9 Å². The number of benzene rings is 1. The number of thioether (sulfide) groups is 1. The molecule has 0 radical (unpaired) electrons. The molecule has 0 amide bonds. The van der Waals surface area contributed by atoms with E-state index in [0.29, 0.717) is 44.7 Å². The molecule has 308 valence electrons. The van der Waals surface area contributed by atoms with Crippen molar-refractivity contribution in [3.05, 3.63) is 71.7 Å². The van der Waals surface area contributed by atoms with Gasteiger partial charge in [0, 0.05) is 70.3 Å². The van der Waals surface area contributed by atoms with Crippen LogP contribution in [0.4, 0.5) is 17.1 Å². The topological polar surface area (TPSA) is 89.9 Å². The summed E-state index contributed by atoms with van der Waals surface area (Å²) >= 11 is 1.67. The number of aromatic nitrogens is 2. The third kappa shape index (κ3) is 11.2. The Bertz CT molecular complexity index is 1670. The molecule has 11 nitrogen and oxygen atoms in total. The predicted octanol–water partition coefficient (Wildman–Crippen LogP) is 5.96. The Labute approximate surface area is 340 Å². The van der Waals surface area contributed by atoms with Gasteiger partial charge in [0.15, 0.2) is 0 Å². The smallest absolute Gasteiger partial charge is 0.104 e. The first kappa shape index (κ1) is 42.6. The Balaban J connectivity index is 1.09. The van der Waals surface area contributed by atoms with Gasteiger partial charge in [-0.3, -0.25) is 9.88 Å². The van der Waals surface area contributed by atoms with E-state index < -0.39 is 5.60 Å². The van der Waals surface area contributed by atoms with Crippen LogP contribution in [0.3, 0.4) is 0 Å². The van der Waals surface area contributed by atoms with E-state index in [4.69, 9.17) is 24.2 Å². The molecule has 56 heavy (non-hydrogen) atoms. The van der Waals surface area contributed by atoms with E-state index in [0.717, 1.165) is 68.0 Å². The van der Waals surface area contributed by atoms with Gasteiger partial charge in [-0.2, -0.15) is 0 Å². The van der Waals surface area contributed by atoms with Crippen LogP contribution >= 0.6 is 11.8 Å². The van der Waals surface area contributed by atoms with Gasteiger partial charge in [-0.15, -0.1) is 11.8 Å². The molecule has 2 aromatic heterocycles. The van der Waals surface area contributed by atoms with Crippen molar-refractivity contribution >= 4 is 28.8 Å². The number of ether oxygens (including phenoxy) is 3. The molecule has 6 rings (SSSR count). The zero-order chi connectivity index (χ0) is 40.0. The second-order valence-corrected chi connectivity index (χ2v) is 18.1. The molecule has 3 unspecified atom stereocenters. The lowest BCUT2D eigenvalue weighted by Crippen LogP contribution is -2.57. The van der Waals surface area contributed by atoms with Crippen LogP contribution in [0, 0.1) is 0 Å². The molecule has 0 aliphatic carbocycles. The highest BCUT2D eigenvalue weighted by atomic mass is 32.2. The fourth-order valence-corrected chi connectivity index (χ4v) is 8.56. The fraction of sp³-hybridized carbons (Fsp3) is 0.636. The molecule has 4 atom stereocenters. The summed E-state index contributed by atoms with van der Waals surface area (Å²) in [5.41, 5.74) is 6.05. The summed E-state index contributed by atoms with van der Waals surface area (Å²) in [6.45, 7) is 21.6. The van der Waals surface area contributed by atoms with Crippen LogP contribution in [0.5, 0.6) is 0 Å². The van der Waals surface area contributed by atoms with Crippen LogP contribution in [-0.4, -0.2) is 147 Å². The summed E-state index contributed by atoms with van der Waals surface area (Å²) in [6.07, 6.45) is 3.79. The Morgan fingerprint density at radius 2 is 1.57 bits per heavy atom. The minimum atomic E-state index is -0.962. The number of pyridine rings is 2. The normalized spacial score (nSPS) is 22.6. The summed E-state index contributed by atoms with van der Waals surface area (Å²) in [5, 5.41) is 12.1. The maximum Gasteiger partial charge on any atom is 0.104 e. The molecule has 1 N–H and O–H groups in total. The monoisotopic (exact) mass is 789 g/mol. The van der Waals surface area contributed by atoms with Gasteiger partial charge >= 0.3 is 0 Å². The largest absolute Gasteiger partial charge is 0.388 e. The molecular weight excluding hydrogens is 723 g/mol. The van der Waals surface area contributed by atoms with Gasteiger partial charge in [0.05, 0.1) is 72.0 Å². The molecule has 0 spiro atoms. The van der Waals surface area contributed by atoms with Gasteiger partial charge in [-0.1, -0.05) is 39.8 Å². The van der Waals surface area contributed by atoms with Crippen molar-refractivity contribution in [3.8, 4) is 0 Å². The number of likely N-dealkylation sites (N-methyl/N-ethyl adjacent to an activating group) is 2. The lowest BCUT2D eigenvalue weighted by Gasteiger charge is -2.44. The molecule has 0 bridgehead atoms. The Morgan fingerprint density at radius 3 is 2.25 bits per heavy atom. The van der Waals surface area contributed by atoms with Crippen molar-refractivity contribution in [2.45, 2.75) is 94.9 Å². The molecule has 1 aromatic carbocycles. The van der Waals surface area contributed by atoms with E-state index >= 15 is 0 Å². The maximum absolute atomic E-state index is 11.1. The van der Waals surface area contributed by atoms with E-state index in [2.05, 4.69) is 121 Å². The fourth-order valence-electron chi connectivity index (χ4n) is 8.16. The molecule has 12 heteroatoms. The van der Waals surface area contributed by atoms with Crippen molar-refractivity contribution in [2.75, 3.05) is 107 Å². The molecular formula is C44H67N7O4S. The van der Waals surface area contributed by atoms with Crippen LogP contribution in [0.15, 0.2) is 59.8 Å². The molecule has 0 saturated carbocycles. The highest BCUT2D eigenvalue weighted by Crippen LogP contribution is 2.30. The number of hydrogen-bond acceptors (Lipinski definition) is 12. The Kier molecular flexibility index (Phi) is 14.6. The average molecular weight is 790 g/mol. The summed E-state index contributed by atoms with van der Waals surface area (Å²) in [5.74, 6) is 0.897. The van der Waals surface area contributed by atoms with E-state index in [-0.39, 0.29) is 24.4 Å². The number of rotatable bonds is 15. The van der Waals surface area contributed by atoms with E-state index in [1.54, 1.807) is 11.8 Å². The van der Waals surface area contributed by atoms with Gasteiger partial charge in [0.1, 0.15) is 6.10 Å². The Hall–Kier alpha value is -2.97. The van der Waals surface area contributed by atoms with Gasteiger partial charge in [-0.05, 0) is 88.0 Å². The minimum Gasteiger partial charge on any atom is -0.388 e. The molecule has 3 aromatic rings. The third-order valence-electron chi connectivity index (χ3n) is 11.4. The van der Waals surface area contributed by atoms with Crippen LogP contribution < -0.4 is 14.7 Å². The number of nitrogens with zero attached hydrogens (tertiary/aromatic N) is 7. The number of morpholine rings is 3. The Morgan fingerprint density at radius 1 is 0.839 bits per heavy atom. The first-order chi connectivity index (χ1) is 26.8. The number of hydrogen-bond donors (Lipinski definition) is 1. The summed E-state index contributed by atoms with van der Waals surface area (Å²) in [7, 11) is 4.35. The lowest BCUT2D eigenvalue weighted by atomic mass is 9.98. The van der Waals surface area contributed by atoms with Gasteiger partial charge in [0.25, 0.3) is 0 Å². The van der Waals surface area contributed by atoms with Gasteiger partial charge in [0.2, 0.25) is 0 Å². The number of aliphatic hydroxyl groups is 1. The van der Waals surface area contributed by atoms with Crippen LogP contribution in [0.2, 0.25) is 0 Å². The van der Waals surface area contributed by atoms with Gasteiger partial charge in [-0.25, -0.2) is 4.98 Å². The predicted molar refractivity (Wildman–Crippen MR) is 230 cm³/mol. The maximum atomic E-state index is 11.1. The third-order valence-corrected chi connectivity index (χ3v) is 12.0. The van der Waals surface area contributed by atoms with E-state index in [9.17, 15) is 5.11 Å². The zero-order valence-corrected chi connectivity index (χ0v) is 36.2. The summed E-state index contributed by atoms with van der Waals surface area (Å²) in [4.78, 5) is 21.9. The standard InChI is InChI=1S/C44H67N7O4S/c1-31(2)33-10-12-34(13-11-33)50-27-38(55-42(29-50)44(5,6)52)25-48(8)28-40-41(16-17-43(46-40)56-9)49-18-21-54-37(26-49)24-47(7)23-36-30-53-20-19-51(36)35-14-15-39(32(3)4)45-22-35/h10-17,22,31-32,36-38,42,52H,18-21,23-30H2,1-9H3/t36?,37?,38?,42-/m0/s1. The lowest BCUT2D eigenvalue weighted by molar-refractivity contribution is -0.129. The highest BCUT2D eigenvalue weighted by molar-refractivity contribution is 7.98. The quantitative estimate of drug-likeness (QED) is 0.184. The highest BCUT2D eigenvalue weighted by Gasteiger charge is 2.37. The van der Waals surface area contributed by atoms with Gasteiger partial charge < -0.3 is 38.9 Å². The molecule has 5 heterocycles. The number of anilines is 3. The summed E-state index contributed by atoms with van der Waals surface area (Å²) < 4.78 is 19.0. The zero-order valence-electron chi connectivity index (χ0n) is 35.4. The van der Waals surface area contributed by atoms with Crippen molar-refractivity contribution < 1.29 is 19.3 Å².